The van der Waals surface area contributed by atoms with Crippen LogP contribution in [0.3, 0.4) is 0 Å². The summed E-state index contributed by atoms with van der Waals surface area (Å²) >= 11 is 0. The predicted molar refractivity (Wildman–Crippen MR) is 160 cm³/mol. The van der Waals surface area contributed by atoms with E-state index in [1.165, 1.54) is 19.3 Å². The molecule has 0 aromatic heterocycles. The number of carbonyl (C=O) groups is 1. The second-order valence-electron chi connectivity index (χ2n) is 11.4. The number of carbonyl (C=O) groups excluding carboxylic acids is 1. The van der Waals surface area contributed by atoms with Crippen molar-refractivity contribution >= 4 is 17.3 Å². The summed E-state index contributed by atoms with van der Waals surface area (Å²) in [4.78, 5) is 15.5. The minimum atomic E-state index is -0.813. The number of halogens is 1. The first-order valence-corrected chi connectivity index (χ1v) is 14.9. The zero-order chi connectivity index (χ0) is 28.2. The van der Waals surface area contributed by atoms with Crippen LogP contribution in [0.1, 0.15) is 88.1 Å². The Morgan fingerprint density at radius 2 is 1.82 bits per heavy atom. The molecule has 3 rings (SSSR count). The zero-order valence-electron chi connectivity index (χ0n) is 24.3. The first-order valence-electron chi connectivity index (χ1n) is 14.9. The van der Waals surface area contributed by atoms with Crippen molar-refractivity contribution in [3.63, 3.8) is 0 Å². The molecular weight excluding hydrogens is 491 g/mol. The highest BCUT2D eigenvalue weighted by molar-refractivity contribution is 5.97. The molecule has 2 aromatic carbocycles. The lowest BCUT2D eigenvalue weighted by Gasteiger charge is -2.29. The third-order valence-electron chi connectivity index (χ3n) is 7.56. The van der Waals surface area contributed by atoms with Crippen molar-refractivity contribution in [1.82, 2.24) is 10.6 Å². The molecule has 1 aliphatic carbocycles. The van der Waals surface area contributed by atoms with Crippen molar-refractivity contribution in [2.45, 2.75) is 103 Å². The van der Waals surface area contributed by atoms with Crippen LogP contribution in [0.5, 0.6) is 0 Å². The van der Waals surface area contributed by atoms with E-state index in [2.05, 4.69) is 22.9 Å². The van der Waals surface area contributed by atoms with E-state index in [0.29, 0.717) is 36.9 Å². The molecule has 0 bridgehead atoms. The molecule has 6 nitrogen and oxygen atoms in total. The van der Waals surface area contributed by atoms with Crippen molar-refractivity contribution in [3.05, 3.63) is 59.4 Å². The Labute approximate surface area is 234 Å². The summed E-state index contributed by atoms with van der Waals surface area (Å²) in [5, 5.41) is 21.0. The van der Waals surface area contributed by atoms with Crippen LogP contribution < -0.4 is 20.9 Å². The number of benzene rings is 2. The Morgan fingerprint density at radius 1 is 1.10 bits per heavy atom. The van der Waals surface area contributed by atoms with Crippen LogP contribution in [0.25, 0.3) is 0 Å². The molecule has 0 saturated heterocycles. The molecule has 1 aliphatic rings. The van der Waals surface area contributed by atoms with Crippen LogP contribution in [0.2, 0.25) is 0 Å². The second kappa shape index (κ2) is 15.8. The molecule has 4 N–H and O–H groups in total. The highest BCUT2D eigenvalue weighted by Gasteiger charge is 2.27. The molecule has 39 heavy (non-hydrogen) atoms. The summed E-state index contributed by atoms with van der Waals surface area (Å²) in [5.41, 5.74) is 2.10. The van der Waals surface area contributed by atoms with Crippen molar-refractivity contribution in [2.24, 2.45) is 0 Å². The van der Waals surface area contributed by atoms with Gasteiger partial charge in [-0.25, -0.2) is 4.39 Å². The molecule has 2 unspecified atom stereocenters. The van der Waals surface area contributed by atoms with Crippen LogP contribution in [-0.2, 0) is 6.42 Å². The van der Waals surface area contributed by atoms with E-state index >= 15 is 4.39 Å². The molecule has 0 aliphatic heterocycles. The first-order chi connectivity index (χ1) is 18.8. The van der Waals surface area contributed by atoms with Gasteiger partial charge in [0.1, 0.15) is 0 Å². The summed E-state index contributed by atoms with van der Waals surface area (Å²) < 4.78 is 15.9. The van der Waals surface area contributed by atoms with Crippen molar-refractivity contribution < 1.29 is 14.3 Å². The lowest BCUT2D eigenvalue weighted by atomic mass is 9.94. The van der Waals surface area contributed by atoms with Gasteiger partial charge in [0.2, 0.25) is 0 Å². The maximum absolute atomic E-state index is 15.9. The van der Waals surface area contributed by atoms with Crippen LogP contribution in [0.15, 0.2) is 42.5 Å². The molecular formula is C32H49FN4O2. The van der Waals surface area contributed by atoms with Crippen molar-refractivity contribution in [3.8, 4) is 0 Å². The zero-order valence-corrected chi connectivity index (χ0v) is 24.3. The van der Waals surface area contributed by atoms with Crippen LogP contribution >= 0.6 is 0 Å². The van der Waals surface area contributed by atoms with E-state index in [9.17, 15) is 9.90 Å². The van der Waals surface area contributed by atoms with E-state index < -0.39 is 23.9 Å². The number of hydrogen-bond donors (Lipinski definition) is 4. The Kier molecular flexibility index (Phi) is 12.5. The van der Waals surface area contributed by atoms with E-state index in [1.807, 2.05) is 56.1 Å². The molecule has 1 amide bonds. The fourth-order valence-electron chi connectivity index (χ4n) is 5.32. The highest BCUT2D eigenvalue weighted by atomic mass is 19.1. The van der Waals surface area contributed by atoms with Gasteiger partial charge < -0.3 is 26.0 Å². The molecule has 2 aromatic rings. The second-order valence-corrected chi connectivity index (χ2v) is 11.4. The van der Waals surface area contributed by atoms with E-state index in [4.69, 9.17) is 0 Å². The van der Waals surface area contributed by atoms with E-state index in [1.54, 1.807) is 12.1 Å². The lowest BCUT2D eigenvalue weighted by Crippen LogP contribution is -2.50. The van der Waals surface area contributed by atoms with Gasteiger partial charge in [-0.3, -0.25) is 4.79 Å². The fourth-order valence-corrected chi connectivity index (χ4v) is 5.32. The number of hydrogen-bond acceptors (Lipinski definition) is 5. The van der Waals surface area contributed by atoms with E-state index in [-0.39, 0.29) is 11.6 Å². The Hall–Kier alpha value is -2.64. The quantitative estimate of drug-likeness (QED) is 0.212. The average molecular weight is 541 g/mol. The van der Waals surface area contributed by atoms with Gasteiger partial charge in [-0.15, -0.1) is 0 Å². The maximum atomic E-state index is 15.9. The van der Waals surface area contributed by atoms with Gasteiger partial charge in [-0.05, 0) is 57.2 Å². The average Bonchev–Trinajstić information content (AvgIpc) is 2.93. The molecule has 0 spiro atoms. The number of anilines is 2. The Morgan fingerprint density at radius 3 is 2.49 bits per heavy atom. The minimum absolute atomic E-state index is 0.0107. The van der Waals surface area contributed by atoms with Crippen LogP contribution in [0.4, 0.5) is 15.8 Å². The summed E-state index contributed by atoms with van der Waals surface area (Å²) in [6.45, 7) is 7.25. The normalized spacial score (nSPS) is 15.7. The van der Waals surface area contributed by atoms with E-state index in [0.717, 1.165) is 37.7 Å². The number of aliphatic hydroxyl groups is 1. The van der Waals surface area contributed by atoms with Gasteiger partial charge in [-0.2, -0.15) is 0 Å². The number of amides is 1. The molecule has 1 fully saturated rings. The third kappa shape index (κ3) is 9.80. The number of nitrogens with one attached hydrogen (secondary N) is 3. The summed E-state index contributed by atoms with van der Waals surface area (Å²) in [6.07, 6.45) is 8.63. The summed E-state index contributed by atoms with van der Waals surface area (Å²) in [5.74, 6) is -1.05. The third-order valence-corrected chi connectivity index (χ3v) is 7.56. The van der Waals surface area contributed by atoms with Gasteiger partial charge in [0.15, 0.2) is 5.82 Å². The Balaban J connectivity index is 1.83. The van der Waals surface area contributed by atoms with Gasteiger partial charge in [-0.1, -0.05) is 69.4 Å². The monoisotopic (exact) mass is 540 g/mol. The standard InChI is InChI=1S/C32H49FN4O2/c1-5-6-13-18-37(4)29-21-26(35-23(2)3)20-27(31(29)33)32(39)36-28(19-24-14-9-7-10-15-24)30(38)22-34-25-16-11-8-12-17-25/h7,9-10,14-15,20-21,23,25,28,30,34-35,38H,5-6,8,11-13,16-19,22H2,1-4H3,(H,36,39). The topological polar surface area (TPSA) is 76.6 Å². The largest absolute Gasteiger partial charge is 0.390 e. The van der Waals surface area contributed by atoms with Gasteiger partial charge in [0.05, 0.1) is 23.4 Å². The molecule has 0 heterocycles. The molecule has 0 radical (unpaired) electrons. The molecule has 2 atom stereocenters. The fraction of sp³-hybridized carbons (Fsp3) is 0.594. The van der Waals surface area contributed by atoms with Crippen molar-refractivity contribution in [1.29, 1.82) is 0 Å². The summed E-state index contributed by atoms with van der Waals surface area (Å²) in [7, 11) is 1.87. The highest BCUT2D eigenvalue weighted by Crippen LogP contribution is 2.28. The van der Waals surface area contributed by atoms with Gasteiger partial charge in [0, 0.05) is 37.9 Å². The maximum Gasteiger partial charge on any atom is 0.254 e. The van der Waals surface area contributed by atoms with Gasteiger partial charge in [0.25, 0.3) is 5.91 Å². The SMILES string of the molecule is CCCCCN(C)c1cc(NC(C)C)cc(C(=O)NC(Cc2ccccc2)C(O)CNC2CCCCC2)c1F. The van der Waals surface area contributed by atoms with Crippen LogP contribution in [0, 0.1) is 5.82 Å². The molecule has 1 saturated carbocycles. The number of nitrogens with zero attached hydrogens (tertiary/aromatic N) is 1. The summed E-state index contributed by atoms with van der Waals surface area (Å²) in [6, 6.07) is 13.1. The number of rotatable bonds is 15. The first kappa shape index (κ1) is 30.9. The number of aliphatic hydroxyl groups excluding tert-OH is 1. The molecule has 216 valence electrons. The lowest BCUT2D eigenvalue weighted by molar-refractivity contribution is 0.0817. The predicted octanol–water partition coefficient (Wildman–Crippen LogP) is 5.90. The van der Waals surface area contributed by atoms with Crippen LogP contribution in [-0.4, -0.2) is 55.4 Å². The van der Waals surface area contributed by atoms with Gasteiger partial charge >= 0.3 is 0 Å². The minimum Gasteiger partial charge on any atom is -0.390 e. The number of unbranched alkanes of at least 4 members (excludes halogenated alkanes) is 2. The smallest absolute Gasteiger partial charge is 0.254 e. The van der Waals surface area contributed by atoms with Crippen molar-refractivity contribution in [2.75, 3.05) is 30.4 Å². The Bertz CT molecular complexity index is 1010. The molecule has 7 heteroatoms.